The molecule has 0 amide bonds. The zero-order valence-corrected chi connectivity index (χ0v) is 34.8. The number of hydrogen-bond donors (Lipinski definition) is 2. The van der Waals surface area contributed by atoms with Crippen molar-refractivity contribution < 1.29 is 15.7 Å². The number of allylic oxidation sites excluding steroid dienone is 3. The molecule has 0 fully saturated rings. The minimum atomic E-state index is -0.500. The van der Waals surface area contributed by atoms with Gasteiger partial charge in [0.25, 0.3) is 0 Å². The molecule has 0 aromatic heterocycles. The summed E-state index contributed by atoms with van der Waals surface area (Å²) in [4.78, 5) is 0. The maximum Gasteiger partial charge on any atom is 0.0614 e. The molecule has 3 heteroatoms. The number of rotatable bonds is 13. The van der Waals surface area contributed by atoms with Gasteiger partial charge in [-0.05, 0) is 63.7 Å². The lowest BCUT2D eigenvalue weighted by Gasteiger charge is -2.21. The molecule has 45 heavy (non-hydrogen) atoms. The van der Waals surface area contributed by atoms with E-state index in [-0.39, 0.29) is 5.48 Å². The summed E-state index contributed by atoms with van der Waals surface area (Å²) in [7, 11) is 0. The van der Waals surface area contributed by atoms with Crippen LogP contribution in [-0.2, 0) is 0 Å². The topological polar surface area (TPSA) is 72.0 Å². The Morgan fingerprint density at radius 1 is 0.756 bits per heavy atom. The molecular formula is C42H94O3. The highest BCUT2D eigenvalue weighted by molar-refractivity contribution is 5.10. The van der Waals surface area contributed by atoms with E-state index in [9.17, 15) is 0 Å². The second-order valence-electron chi connectivity index (χ2n) is 15.2. The molecule has 0 aliphatic heterocycles. The van der Waals surface area contributed by atoms with E-state index >= 15 is 0 Å². The van der Waals surface area contributed by atoms with Crippen LogP contribution < -0.4 is 0 Å². The molecule has 0 aromatic carbocycles. The molecule has 1 rings (SSSR count). The monoisotopic (exact) mass is 647 g/mol. The van der Waals surface area contributed by atoms with Crippen LogP contribution in [0.4, 0.5) is 0 Å². The first-order valence-electron chi connectivity index (χ1n) is 18.9. The molecule has 4 N–H and O–H groups in total. The van der Waals surface area contributed by atoms with Crippen LogP contribution in [0.25, 0.3) is 0 Å². The third-order valence-electron chi connectivity index (χ3n) is 6.68. The first-order valence-corrected chi connectivity index (χ1v) is 18.9. The molecule has 0 aromatic rings. The van der Waals surface area contributed by atoms with E-state index in [1.165, 1.54) is 89.9 Å². The Hall–Kier alpha value is -0.640. The highest BCUT2D eigenvalue weighted by Gasteiger charge is 2.16. The van der Waals surface area contributed by atoms with Crippen molar-refractivity contribution in [3.05, 3.63) is 24.3 Å². The van der Waals surface area contributed by atoms with Gasteiger partial charge in [-0.2, -0.15) is 0 Å². The van der Waals surface area contributed by atoms with E-state index in [0.29, 0.717) is 17.9 Å². The molecule has 0 saturated heterocycles. The molecule has 2 atom stereocenters. The van der Waals surface area contributed by atoms with Crippen LogP contribution >= 0.6 is 0 Å². The summed E-state index contributed by atoms with van der Waals surface area (Å²) < 4.78 is 0. The predicted octanol–water partition coefficient (Wildman–Crippen LogP) is 14.0. The summed E-state index contributed by atoms with van der Waals surface area (Å²) in [6.45, 7) is 39.8. The van der Waals surface area contributed by atoms with Crippen molar-refractivity contribution in [1.29, 1.82) is 0 Å². The van der Waals surface area contributed by atoms with E-state index in [1.807, 2.05) is 34.6 Å². The molecule has 2 unspecified atom stereocenters. The average molecular weight is 647 g/mol. The lowest BCUT2D eigenvalue weighted by Crippen LogP contribution is -2.25. The normalized spacial score (nSPS) is 14.7. The summed E-state index contributed by atoms with van der Waals surface area (Å²) in [6, 6.07) is 0. The van der Waals surface area contributed by atoms with Gasteiger partial charge in [0, 0.05) is 6.61 Å². The number of unbranched alkanes of at least 4 members (excludes halogenated alkanes) is 11. The third-order valence-corrected chi connectivity index (χ3v) is 6.68. The van der Waals surface area contributed by atoms with Crippen molar-refractivity contribution in [2.45, 2.75) is 220 Å². The zero-order chi connectivity index (χ0) is 36.0. The lowest BCUT2D eigenvalue weighted by atomic mass is 9.95. The van der Waals surface area contributed by atoms with E-state index in [4.69, 9.17) is 10.2 Å². The molecule has 1 aliphatic carbocycles. The van der Waals surface area contributed by atoms with Crippen molar-refractivity contribution in [2.24, 2.45) is 23.2 Å². The second-order valence-corrected chi connectivity index (χ2v) is 15.2. The fourth-order valence-electron chi connectivity index (χ4n) is 3.35. The summed E-state index contributed by atoms with van der Waals surface area (Å²) in [6.07, 6.45) is 24.2. The standard InChI is InChI=1S/C9H20.C8H18O.C8H14.C6H14O.C5H12.C3H8.C3H6.H2O/c1-3-5-7-9-8-6-4-2;1-2-3-4-5-6-7-8-9;1-6-4-7(2)8(3)5-6;1-5(2)6(3,4)7;1-5(2,3)4;2*1-3-2;/h3-9H2,1-2H3;9H,2-8H2,1H3;4,6,8H,5H2,1-3H3;5,7H,1-4H3;1-4H3;3H2,1-2H3;3H,1H2,2H3;1H2. The number of aliphatic hydroxyl groups excluding tert-OH is 1. The fourth-order valence-corrected chi connectivity index (χ4v) is 3.35. The largest absolute Gasteiger partial charge is 0.412 e. The van der Waals surface area contributed by atoms with Crippen LogP contribution in [0.2, 0.25) is 0 Å². The van der Waals surface area contributed by atoms with Gasteiger partial charge in [0.05, 0.1) is 5.60 Å². The quantitative estimate of drug-likeness (QED) is 0.154. The van der Waals surface area contributed by atoms with Crippen molar-refractivity contribution in [3.8, 4) is 0 Å². The number of aliphatic hydroxyl groups is 2. The van der Waals surface area contributed by atoms with E-state index in [0.717, 1.165) is 18.3 Å². The van der Waals surface area contributed by atoms with E-state index < -0.39 is 5.60 Å². The van der Waals surface area contributed by atoms with Crippen LogP contribution in [0.15, 0.2) is 24.3 Å². The fraction of sp³-hybridized carbons (Fsp3) is 0.905. The van der Waals surface area contributed by atoms with Crippen LogP contribution in [0.5, 0.6) is 0 Å². The second kappa shape index (κ2) is 45.5. The molecule has 280 valence electrons. The molecule has 1 aliphatic rings. The molecule has 3 nitrogen and oxygen atoms in total. The Kier molecular flexibility index (Phi) is 60.4. The van der Waals surface area contributed by atoms with Crippen molar-refractivity contribution in [3.63, 3.8) is 0 Å². The van der Waals surface area contributed by atoms with Gasteiger partial charge in [0.15, 0.2) is 0 Å². The minimum Gasteiger partial charge on any atom is -0.412 e. The highest BCUT2D eigenvalue weighted by Crippen LogP contribution is 2.28. The van der Waals surface area contributed by atoms with Crippen LogP contribution in [-0.4, -0.2) is 27.9 Å². The zero-order valence-electron chi connectivity index (χ0n) is 34.8. The van der Waals surface area contributed by atoms with Crippen molar-refractivity contribution in [2.75, 3.05) is 6.61 Å². The van der Waals surface area contributed by atoms with Crippen LogP contribution in [0.1, 0.15) is 214 Å². The van der Waals surface area contributed by atoms with Gasteiger partial charge in [-0.3, -0.25) is 0 Å². The summed E-state index contributed by atoms with van der Waals surface area (Å²) >= 11 is 0. The maximum absolute atomic E-state index is 9.09. The SMILES string of the molecule is C=CC.CC(C)(C)C.CC(C)C(C)(C)O.CC1=CC(C)CC1C.CCC.CCCCCCCCC.CCCCCCCCO.O. The van der Waals surface area contributed by atoms with Gasteiger partial charge in [-0.25, -0.2) is 0 Å². The van der Waals surface area contributed by atoms with Gasteiger partial charge in [0.1, 0.15) is 0 Å². The number of hydrogen-bond acceptors (Lipinski definition) is 2. The molecule has 0 bridgehead atoms. The first-order chi connectivity index (χ1) is 20.3. The summed E-state index contributed by atoms with van der Waals surface area (Å²) in [5.74, 6) is 2.04. The van der Waals surface area contributed by atoms with Crippen LogP contribution in [0.3, 0.4) is 0 Å². The minimum absolute atomic E-state index is 0. The highest BCUT2D eigenvalue weighted by atomic mass is 16.3. The molecule has 0 radical (unpaired) electrons. The molecule has 0 heterocycles. The Morgan fingerprint density at radius 3 is 1.13 bits per heavy atom. The summed E-state index contributed by atoms with van der Waals surface area (Å²) in [5, 5.41) is 17.5. The summed E-state index contributed by atoms with van der Waals surface area (Å²) in [5.41, 5.74) is 1.58. The smallest absolute Gasteiger partial charge is 0.0614 e. The third kappa shape index (κ3) is 86.0. The van der Waals surface area contributed by atoms with Crippen molar-refractivity contribution >= 4 is 0 Å². The first kappa shape index (κ1) is 59.8. The van der Waals surface area contributed by atoms with Gasteiger partial charge in [-0.1, -0.05) is 191 Å². The lowest BCUT2D eigenvalue weighted by molar-refractivity contribution is 0.0327. The Morgan fingerprint density at radius 2 is 1.00 bits per heavy atom. The predicted molar refractivity (Wildman–Crippen MR) is 213 cm³/mol. The van der Waals surface area contributed by atoms with Gasteiger partial charge in [-0.15, -0.1) is 6.58 Å². The Labute approximate surface area is 288 Å². The van der Waals surface area contributed by atoms with Gasteiger partial charge in [0.2, 0.25) is 0 Å². The van der Waals surface area contributed by atoms with Gasteiger partial charge < -0.3 is 15.7 Å². The van der Waals surface area contributed by atoms with Crippen molar-refractivity contribution in [1.82, 2.24) is 0 Å². The van der Waals surface area contributed by atoms with Gasteiger partial charge >= 0.3 is 0 Å². The van der Waals surface area contributed by atoms with Crippen LogP contribution in [0, 0.1) is 23.2 Å². The van der Waals surface area contributed by atoms with E-state index in [2.05, 4.69) is 95.7 Å². The molecule has 0 spiro atoms. The maximum atomic E-state index is 9.09. The molecule has 0 saturated carbocycles. The average Bonchev–Trinajstić information content (AvgIpc) is 3.19. The Bertz CT molecular complexity index is 491. The molecular weight excluding hydrogens is 552 g/mol. The van der Waals surface area contributed by atoms with E-state index in [1.54, 1.807) is 11.6 Å². The Balaban J connectivity index is -0.0000000770.